The minimum atomic E-state index is -0.973. The molecule has 2 N–H and O–H groups in total. The fourth-order valence-electron chi connectivity index (χ4n) is 4.70. The van der Waals surface area contributed by atoms with Crippen molar-refractivity contribution >= 4 is 5.91 Å². The zero-order valence-electron chi connectivity index (χ0n) is 13.0. The van der Waals surface area contributed by atoms with Gasteiger partial charge in [-0.25, -0.2) is 4.39 Å². The SMILES string of the molecule is O=C(CC(O)c1cccc(F)c1)NC1C2CCOC2C12CCC2. The molecule has 3 aliphatic rings. The molecule has 1 heterocycles. The summed E-state index contributed by atoms with van der Waals surface area (Å²) >= 11 is 0. The van der Waals surface area contributed by atoms with E-state index in [4.69, 9.17) is 4.74 Å². The number of halogens is 1. The predicted molar refractivity (Wildman–Crippen MR) is 82.0 cm³/mol. The molecule has 4 atom stereocenters. The fourth-order valence-corrected chi connectivity index (χ4v) is 4.70. The van der Waals surface area contributed by atoms with E-state index in [-0.39, 0.29) is 23.8 Å². The number of carbonyl (C=O) groups excluding carboxylic acids is 1. The second-order valence-corrected chi connectivity index (χ2v) is 7.15. The first-order valence-corrected chi connectivity index (χ1v) is 8.45. The van der Waals surface area contributed by atoms with Crippen LogP contribution in [0.3, 0.4) is 0 Å². The summed E-state index contributed by atoms with van der Waals surface area (Å²) in [6.07, 6.45) is 3.74. The molecule has 1 aromatic carbocycles. The number of rotatable bonds is 4. The Bertz CT molecular complexity index is 616. The molecule has 4 rings (SSSR count). The van der Waals surface area contributed by atoms with Crippen molar-refractivity contribution in [2.45, 2.75) is 50.4 Å². The molecule has 1 spiro atoms. The van der Waals surface area contributed by atoms with Gasteiger partial charge in [-0.2, -0.15) is 0 Å². The van der Waals surface area contributed by atoms with Gasteiger partial charge in [0.25, 0.3) is 0 Å². The van der Waals surface area contributed by atoms with Gasteiger partial charge < -0.3 is 15.2 Å². The number of hydrogen-bond donors (Lipinski definition) is 2. The summed E-state index contributed by atoms with van der Waals surface area (Å²) in [7, 11) is 0. The van der Waals surface area contributed by atoms with Crippen molar-refractivity contribution in [3.8, 4) is 0 Å². The van der Waals surface area contributed by atoms with Crippen LogP contribution in [0.15, 0.2) is 24.3 Å². The number of aliphatic hydroxyl groups is 1. The van der Waals surface area contributed by atoms with E-state index < -0.39 is 11.9 Å². The molecule has 2 saturated carbocycles. The van der Waals surface area contributed by atoms with Crippen LogP contribution in [0.5, 0.6) is 0 Å². The lowest BCUT2D eigenvalue weighted by molar-refractivity contribution is -0.179. The molecule has 1 amide bonds. The van der Waals surface area contributed by atoms with Crippen LogP contribution in [0.4, 0.5) is 4.39 Å². The second-order valence-electron chi connectivity index (χ2n) is 7.15. The van der Waals surface area contributed by atoms with E-state index in [1.807, 2.05) is 0 Å². The van der Waals surface area contributed by atoms with Crippen LogP contribution in [0.1, 0.15) is 43.8 Å². The molecule has 2 aliphatic carbocycles. The third-order valence-electron chi connectivity index (χ3n) is 5.96. The third-order valence-corrected chi connectivity index (χ3v) is 5.96. The molecule has 4 unspecified atom stereocenters. The lowest BCUT2D eigenvalue weighted by atomic mass is 9.46. The third kappa shape index (κ3) is 2.37. The largest absolute Gasteiger partial charge is 0.388 e. The number of hydrogen-bond acceptors (Lipinski definition) is 3. The molecule has 3 fully saturated rings. The molecule has 4 nitrogen and oxygen atoms in total. The summed E-state index contributed by atoms with van der Waals surface area (Å²) in [5.41, 5.74) is 0.579. The molecule has 1 aromatic rings. The van der Waals surface area contributed by atoms with Crippen LogP contribution < -0.4 is 5.32 Å². The highest BCUT2D eigenvalue weighted by atomic mass is 19.1. The van der Waals surface area contributed by atoms with Gasteiger partial charge in [0.05, 0.1) is 18.6 Å². The molecule has 0 radical (unpaired) electrons. The molecule has 1 saturated heterocycles. The van der Waals surface area contributed by atoms with Gasteiger partial charge in [0.15, 0.2) is 0 Å². The number of aliphatic hydroxyl groups excluding tert-OH is 1. The predicted octanol–water partition coefficient (Wildman–Crippen LogP) is 2.32. The normalized spacial score (nSPS) is 31.8. The Balaban J connectivity index is 1.38. The van der Waals surface area contributed by atoms with Gasteiger partial charge >= 0.3 is 0 Å². The first-order valence-electron chi connectivity index (χ1n) is 8.45. The van der Waals surface area contributed by atoms with Crippen LogP contribution in [0.25, 0.3) is 0 Å². The van der Waals surface area contributed by atoms with E-state index in [2.05, 4.69) is 5.32 Å². The van der Waals surface area contributed by atoms with E-state index in [1.165, 1.54) is 18.6 Å². The maximum Gasteiger partial charge on any atom is 0.223 e. The molecule has 124 valence electrons. The van der Waals surface area contributed by atoms with Crippen molar-refractivity contribution in [3.63, 3.8) is 0 Å². The molecular formula is C18H22FNO3. The van der Waals surface area contributed by atoms with Crippen LogP contribution in [0, 0.1) is 17.2 Å². The first-order chi connectivity index (χ1) is 11.1. The summed E-state index contributed by atoms with van der Waals surface area (Å²) in [5, 5.41) is 13.3. The summed E-state index contributed by atoms with van der Waals surface area (Å²) in [5.74, 6) is -0.144. The summed E-state index contributed by atoms with van der Waals surface area (Å²) in [6.45, 7) is 0.787. The van der Waals surface area contributed by atoms with Gasteiger partial charge in [0.1, 0.15) is 5.82 Å². The number of fused-ring (bicyclic) bond motifs is 2. The van der Waals surface area contributed by atoms with Gasteiger partial charge in [-0.3, -0.25) is 4.79 Å². The second kappa shape index (κ2) is 5.56. The van der Waals surface area contributed by atoms with Crippen LogP contribution in [0.2, 0.25) is 0 Å². The molecule has 5 heteroatoms. The lowest BCUT2D eigenvalue weighted by Crippen LogP contribution is -2.71. The Hall–Kier alpha value is -1.46. The van der Waals surface area contributed by atoms with Gasteiger partial charge in [-0.05, 0) is 37.0 Å². The van der Waals surface area contributed by atoms with E-state index in [0.717, 1.165) is 25.9 Å². The van der Waals surface area contributed by atoms with Gasteiger partial charge in [0.2, 0.25) is 5.91 Å². The molecular weight excluding hydrogens is 297 g/mol. The van der Waals surface area contributed by atoms with Crippen molar-refractivity contribution in [1.82, 2.24) is 5.32 Å². The number of carbonyl (C=O) groups is 1. The number of ether oxygens (including phenoxy) is 1. The first kappa shape index (κ1) is 15.1. The standard InChI is InChI=1S/C18H22FNO3/c19-12-4-1-3-11(9-12)14(21)10-15(22)20-16-13-5-8-23-17(13)18(16)6-2-7-18/h1,3-4,9,13-14,16-17,21H,2,5-8,10H2,(H,20,22). The van der Waals surface area contributed by atoms with Gasteiger partial charge in [-0.1, -0.05) is 18.6 Å². The van der Waals surface area contributed by atoms with E-state index in [9.17, 15) is 14.3 Å². The molecule has 23 heavy (non-hydrogen) atoms. The Morgan fingerprint density at radius 3 is 3.00 bits per heavy atom. The number of amides is 1. The summed E-state index contributed by atoms with van der Waals surface area (Å²) < 4.78 is 19.1. The highest BCUT2D eigenvalue weighted by molar-refractivity contribution is 5.77. The van der Waals surface area contributed by atoms with Crippen LogP contribution in [-0.2, 0) is 9.53 Å². The Morgan fingerprint density at radius 1 is 1.48 bits per heavy atom. The Morgan fingerprint density at radius 2 is 2.30 bits per heavy atom. The number of nitrogens with one attached hydrogen (secondary N) is 1. The highest BCUT2D eigenvalue weighted by Crippen LogP contribution is 2.62. The highest BCUT2D eigenvalue weighted by Gasteiger charge is 2.66. The average Bonchev–Trinajstić information content (AvgIpc) is 2.88. The van der Waals surface area contributed by atoms with Gasteiger partial charge in [-0.15, -0.1) is 0 Å². The quantitative estimate of drug-likeness (QED) is 0.895. The average molecular weight is 319 g/mol. The monoisotopic (exact) mass is 319 g/mol. The Labute approximate surface area is 135 Å². The van der Waals surface area contributed by atoms with Crippen LogP contribution >= 0.6 is 0 Å². The molecule has 0 aromatic heterocycles. The van der Waals surface area contributed by atoms with Crippen molar-refractivity contribution in [2.24, 2.45) is 11.3 Å². The van der Waals surface area contributed by atoms with E-state index in [0.29, 0.717) is 17.6 Å². The summed E-state index contributed by atoms with van der Waals surface area (Å²) in [4.78, 5) is 12.3. The van der Waals surface area contributed by atoms with Gasteiger partial charge in [0, 0.05) is 24.0 Å². The van der Waals surface area contributed by atoms with Crippen molar-refractivity contribution in [3.05, 3.63) is 35.6 Å². The number of benzene rings is 1. The minimum Gasteiger partial charge on any atom is -0.388 e. The lowest BCUT2D eigenvalue weighted by Gasteiger charge is -2.63. The summed E-state index contributed by atoms with van der Waals surface area (Å²) in [6, 6.07) is 5.96. The van der Waals surface area contributed by atoms with E-state index in [1.54, 1.807) is 12.1 Å². The minimum absolute atomic E-state index is 0.0335. The van der Waals surface area contributed by atoms with E-state index >= 15 is 0 Å². The van der Waals surface area contributed by atoms with Crippen molar-refractivity contribution in [1.29, 1.82) is 0 Å². The smallest absolute Gasteiger partial charge is 0.223 e. The maximum atomic E-state index is 13.2. The topological polar surface area (TPSA) is 58.6 Å². The maximum absolute atomic E-state index is 13.2. The Kier molecular flexibility index (Phi) is 3.65. The van der Waals surface area contributed by atoms with Crippen LogP contribution in [-0.4, -0.2) is 29.8 Å². The zero-order valence-corrected chi connectivity index (χ0v) is 13.0. The van der Waals surface area contributed by atoms with Crippen molar-refractivity contribution < 1.29 is 19.0 Å². The zero-order chi connectivity index (χ0) is 16.0. The molecule has 0 bridgehead atoms. The van der Waals surface area contributed by atoms with Crippen molar-refractivity contribution in [2.75, 3.05) is 6.61 Å². The fraction of sp³-hybridized carbons (Fsp3) is 0.611. The molecule has 1 aliphatic heterocycles.